The number of anilines is 1. The average Bonchev–Trinajstić information content (AvgIpc) is 2.96. The third-order valence-electron chi connectivity index (χ3n) is 4.53. The molecule has 1 aliphatic heterocycles. The average molecular weight is 374 g/mol. The second kappa shape index (κ2) is 6.71. The Morgan fingerprint density at radius 1 is 1.26 bits per heavy atom. The van der Waals surface area contributed by atoms with Gasteiger partial charge < -0.3 is 10.1 Å². The molecule has 2 heterocycles. The van der Waals surface area contributed by atoms with Gasteiger partial charge in [-0.25, -0.2) is 4.79 Å². The molecule has 142 valence electrons. The Morgan fingerprint density at radius 3 is 2.41 bits per heavy atom. The number of benzene rings is 1. The predicted molar refractivity (Wildman–Crippen MR) is 94.5 cm³/mol. The molecule has 1 aromatic heterocycles. The first-order valence-corrected chi connectivity index (χ1v) is 8.23. The third kappa shape index (κ3) is 2.98. The lowest BCUT2D eigenvalue weighted by molar-refractivity contribution is -0.509. The molecule has 10 nitrogen and oxygen atoms in total. The van der Waals surface area contributed by atoms with Crippen LogP contribution in [-0.2, 0) is 9.53 Å². The van der Waals surface area contributed by atoms with Crippen LogP contribution in [0.5, 0.6) is 0 Å². The van der Waals surface area contributed by atoms with Gasteiger partial charge in [0.1, 0.15) is 5.82 Å². The van der Waals surface area contributed by atoms with E-state index in [1.54, 1.807) is 0 Å². The van der Waals surface area contributed by atoms with Crippen LogP contribution in [0.15, 0.2) is 29.1 Å². The van der Waals surface area contributed by atoms with Crippen molar-refractivity contribution in [2.45, 2.75) is 31.8 Å². The summed E-state index contributed by atoms with van der Waals surface area (Å²) in [6.45, 7) is 3.62. The fourth-order valence-electron chi connectivity index (χ4n) is 3.28. The zero-order valence-corrected chi connectivity index (χ0v) is 14.9. The smallest absolute Gasteiger partial charge is 0.337 e. The number of hydrogen-bond donors (Lipinski definition) is 2. The van der Waals surface area contributed by atoms with Crippen molar-refractivity contribution in [1.82, 2.24) is 9.78 Å². The van der Waals surface area contributed by atoms with Gasteiger partial charge in [0.15, 0.2) is 0 Å². The van der Waals surface area contributed by atoms with E-state index in [4.69, 9.17) is 0 Å². The van der Waals surface area contributed by atoms with Crippen LogP contribution in [0.2, 0.25) is 0 Å². The highest BCUT2D eigenvalue weighted by molar-refractivity contribution is 5.98. The normalized spacial score (nSPS) is 18.7. The Balaban J connectivity index is 2.19. The maximum atomic E-state index is 12.5. The number of aromatic nitrogens is 2. The predicted octanol–water partition coefficient (Wildman–Crippen LogP) is 1.27. The fourth-order valence-corrected chi connectivity index (χ4v) is 3.28. The molecule has 0 spiro atoms. The Bertz CT molecular complexity index is 972. The molecule has 0 saturated heterocycles. The van der Waals surface area contributed by atoms with Gasteiger partial charge >= 0.3 is 17.9 Å². The van der Waals surface area contributed by atoms with Crippen LogP contribution in [0.1, 0.15) is 47.3 Å². The summed E-state index contributed by atoms with van der Waals surface area (Å²) >= 11 is 0. The van der Waals surface area contributed by atoms with Gasteiger partial charge in [-0.1, -0.05) is 12.1 Å². The minimum absolute atomic E-state index is 0.121. The van der Waals surface area contributed by atoms with Crippen LogP contribution >= 0.6 is 0 Å². The summed E-state index contributed by atoms with van der Waals surface area (Å²) in [6.07, 6.45) is 0. The lowest BCUT2D eigenvalue weighted by Gasteiger charge is -2.26. The van der Waals surface area contributed by atoms with Crippen LogP contribution in [-0.4, -0.2) is 39.7 Å². The van der Waals surface area contributed by atoms with E-state index in [0.29, 0.717) is 5.56 Å². The molecule has 3 rings (SSSR count). The second-order valence-corrected chi connectivity index (χ2v) is 6.48. The van der Waals surface area contributed by atoms with Gasteiger partial charge in [-0.3, -0.25) is 29.5 Å². The molecule has 2 atom stereocenters. The van der Waals surface area contributed by atoms with Gasteiger partial charge in [0, 0.05) is 11.0 Å². The van der Waals surface area contributed by atoms with E-state index >= 15 is 0 Å². The highest BCUT2D eigenvalue weighted by Crippen LogP contribution is 2.37. The topological polar surface area (TPSA) is 136 Å². The number of amides is 1. The highest BCUT2D eigenvalue weighted by Gasteiger charge is 2.48. The van der Waals surface area contributed by atoms with E-state index in [0.717, 1.165) is 0 Å². The number of H-pyrrole nitrogens is 1. The number of methoxy groups -OCH3 is 1. The largest absolute Gasteiger partial charge is 0.465 e. The molecule has 0 aliphatic carbocycles. The first-order chi connectivity index (χ1) is 12.8. The molecule has 0 saturated carbocycles. The second-order valence-electron chi connectivity index (χ2n) is 6.48. The number of esters is 1. The van der Waals surface area contributed by atoms with E-state index in [9.17, 15) is 24.5 Å². The van der Waals surface area contributed by atoms with E-state index in [2.05, 4.69) is 15.2 Å². The zero-order valence-electron chi connectivity index (χ0n) is 14.9. The Morgan fingerprint density at radius 2 is 1.89 bits per heavy atom. The van der Waals surface area contributed by atoms with Crippen molar-refractivity contribution in [1.29, 1.82) is 0 Å². The number of nitro groups is 1. The first kappa shape index (κ1) is 18.4. The van der Waals surface area contributed by atoms with Crippen molar-refractivity contribution in [2.24, 2.45) is 0 Å². The van der Waals surface area contributed by atoms with Crippen LogP contribution in [0.3, 0.4) is 0 Å². The summed E-state index contributed by atoms with van der Waals surface area (Å²) in [5.74, 6) is -2.22. The van der Waals surface area contributed by atoms with Crippen LogP contribution < -0.4 is 10.9 Å². The molecule has 27 heavy (non-hydrogen) atoms. The van der Waals surface area contributed by atoms with Gasteiger partial charge in [0.05, 0.1) is 24.2 Å². The van der Waals surface area contributed by atoms with Gasteiger partial charge in [-0.15, -0.1) is 0 Å². The maximum Gasteiger partial charge on any atom is 0.337 e. The van der Waals surface area contributed by atoms with E-state index in [-0.39, 0.29) is 23.0 Å². The molecule has 1 aromatic carbocycles. The summed E-state index contributed by atoms with van der Waals surface area (Å²) in [7, 11) is 1.24. The van der Waals surface area contributed by atoms with Crippen molar-refractivity contribution in [3.8, 4) is 0 Å². The number of carbonyl (C=O) groups is 2. The number of rotatable bonds is 4. The minimum Gasteiger partial charge on any atom is -0.465 e. The van der Waals surface area contributed by atoms with Gasteiger partial charge in [-0.2, -0.15) is 0 Å². The molecule has 2 N–H and O–H groups in total. The number of aromatic amines is 1. The van der Waals surface area contributed by atoms with Crippen LogP contribution in [0.4, 0.5) is 5.82 Å². The quantitative estimate of drug-likeness (QED) is 0.470. The first-order valence-electron chi connectivity index (χ1n) is 8.23. The molecule has 0 radical (unpaired) electrons. The van der Waals surface area contributed by atoms with Crippen molar-refractivity contribution >= 4 is 17.7 Å². The van der Waals surface area contributed by atoms with Crippen molar-refractivity contribution in [3.05, 3.63) is 61.4 Å². The SMILES string of the molecule is COC(=O)c1ccc([C@H]2c3c(n(C(C)C)[nH]c3=O)NC(=O)[C@H]2[N+](=O)[O-])cc1. The minimum atomic E-state index is -1.66. The van der Waals surface area contributed by atoms with E-state index in [1.807, 2.05) is 13.8 Å². The van der Waals surface area contributed by atoms with E-state index in [1.165, 1.54) is 36.1 Å². The number of hydrogen-bond acceptors (Lipinski definition) is 6. The monoisotopic (exact) mass is 374 g/mol. The van der Waals surface area contributed by atoms with Gasteiger partial charge in [0.2, 0.25) is 0 Å². The number of ether oxygens (including phenoxy) is 1. The number of carbonyl (C=O) groups excluding carboxylic acids is 2. The summed E-state index contributed by atoms with van der Waals surface area (Å²) in [5.41, 5.74) is 0.254. The lowest BCUT2D eigenvalue weighted by Crippen LogP contribution is -2.45. The Hall–Kier alpha value is -3.43. The molecule has 1 aliphatic rings. The third-order valence-corrected chi connectivity index (χ3v) is 4.53. The molecule has 1 amide bonds. The summed E-state index contributed by atoms with van der Waals surface area (Å²) in [6, 6.07) is 4.03. The van der Waals surface area contributed by atoms with Crippen molar-refractivity contribution in [3.63, 3.8) is 0 Å². The number of nitrogens with zero attached hydrogens (tertiary/aromatic N) is 2. The molecular formula is C17H18N4O6. The van der Waals surface area contributed by atoms with Crippen LogP contribution in [0.25, 0.3) is 0 Å². The molecule has 0 bridgehead atoms. The molecule has 0 fully saturated rings. The standard InChI is InChI=1S/C17H18N4O6/c1-8(2)20-14-12(15(22)19-20)11(13(21(25)26)16(23)18-14)9-4-6-10(7-5-9)17(24)27-3/h4-8,11,13H,1-3H3,(H,18,23)(H,19,22)/t11-,13-/m0/s1. The number of fused-ring (bicyclic) bond motifs is 1. The summed E-state index contributed by atoms with van der Waals surface area (Å²) < 4.78 is 6.11. The van der Waals surface area contributed by atoms with Crippen molar-refractivity contribution in [2.75, 3.05) is 12.4 Å². The highest BCUT2D eigenvalue weighted by atomic mass is 16.6. The molecule has 10 heteroatoms. The summed E-state index contributed by atoms with van der Waals surface area (Å²) in [4.78, 5) is 47.5. The van der Waals surface area contributed by atoms with Gasteiger partial charge in [-0.05, 0) is 31.5 Å². The molecule has 2 aromatic rings. The number of nitrogens with one attached hydrogen (secondary N) is 2. The molecule has 0 unspecified atom stereocenters. The van der Waals surface area contributed by atoms with E-state index < -0.39 is 34.3 Å². The van der Waals surface area contributed by atoms with Crippen molar-refractivity contribution < 1.29 is 19.2 Å². The van der Waals surface area contributed by atoms with Crippen LogP contribution in [0, 0.1) is 10.1 Å². The Kier molecular flexibility index (Phi) is 4.56. The Labute approximate surface area is 153 Å². The lowest BCUT2D eigenvalue weighted by atomic mass is 9.83. The fraction of sp³-hybridized carbons (Fsp3) is 0.353. The molecular weight excluding hydrogens is 356 g/mol. The van der Waals surface area contributed by atoms with Gasteiger partial charge in [0.25, 0.3) is 5.56 Å². The zero-order chi connectivity index (χ0) is 19.9. The maximum absolute atomic E-state index is 12.5. The summed E-state index contributed by atoms with van der Waals surface area (Å²) in [5, 5.41) is 16.7.